The van der Waals surface area contributed by atoms with Crippen LogP contribution in [0, 0.1) is 0 Å². The lowest BCUT2D eigenvalue weighted by molar-refractivity contribution is 0.110. The first-order valence-electron chi connectivity index (χ1n) is 6.45. The highest BCUT2D eigenvalue weighted by molar-refractivity contribution is 5.46. The van der Waals surface area contributed by atoms with Crippen molar-refractivity contribution in [3.8, 4) is 5.75 Å². The zero-order valence-corrected chi connectivity index (χ0v) is 11.1. The van der Waals surface area contributed by atoms with Crippen molar-refractivity contribution in [2.24, 2.45) is 0 Å². The van der Waals surface area contributed by atoms with Crippen LogP contribution < -0.4 is 10.1 Å². The van der Waals surface area contributed by atoms with Crippen LogP contribution >= 0.6 is 0 Å². The van der Waals surface area contributed by atoms with Gasteiger partial charge in [-0.15, -0.1) is 0 Å². The molecule has 1 heterocycles. The van der Waals surface area contributed by atoms with Crippen molar-refractivity contribution < 1.29 is 13.9 Å². The van der Waals surface area contributed by atoms with Crippen LogP contribution in [-0.2, 0) is 11.3 Å². The van der Waals surface area contributed by atoms with Crippen LogP contribution in [-0.4, -0.2) is 19.8 Å². The summed E-state index contributed by atoms with van der Waals surface area (Å²) in [6, 6.07) is 11.7. The number of hydrogen-bond acceptors (Lipinski definition) is 4. The quantitative estimate of drug-likeness (QED) is 0.740. The molecule has 0 amide bonds. The van der Waals surface area contributed by atoms with Gasteiger partial charge in [-0.25, -0.2) is 0 Å². The van der Waals surface area contributed by atoms with Crippen LogP contribution in [0.1, 0.15) is 12.7 Å². The van der Waals surface area contributed by atoms with Crippen molar-refractivity contribution in [2.45, 2.75) is 13.5 Å². The predicted molar refractivity (Wildman–Crippen MR) is 74.5 cm³/mol. The summed E-state index contributed by atoms with van der Waals surface area (Å²) in [5.41, 5.74) is 1.04. The molecule has 0 saturated heterocycles. The number of benzene rings is 1. The van der Waals surface area contributed by atoms with Gasteiger partial charge in [0.2, 0.25) is 0 Å². The summed E-state index contributed by atoms with van der Waals surface area (Å²) in [5.74, 6) is 1.76. The topological polar surface area (TPSA) is 43.6 Å². The Hall–Kier alpha value is -1.94. The maximum atomic E-state index is 5.54. The number of hydrogen-bond donors (Lipinski definition) is 1. The molecule has 4 heteroatoms. The fourth-order valence-corrected chi connectivity index (χ4v) is 1.63. The Labute approximate surface area is 113 Å². The van der Waals surface area contributed by atoms with Crippen LogP contribution in [0.5, 0.6) is 5.75 Å². The lowest BCUT2D eigenvalue weighted by Crippen LogP contribution is -2.06. The van der Waals surface area contributed by atoms with Crippen molar-refractivity contribution in [3.63, 3.8) is 0 Å². The summed E-state index contributed by atoms with van der Waals surface area (Å²) in [6.07, 6.45) is 1.67. The maximum absolute atomic E-state index is 5.54. The van der Waals surface area contributed by atoms with Gasteiger partial charge in [0.1, 0.15) is 18.1 Å². The lowest BCUT2D eigenvalue weighted by atomic mass is 10.3. The molecule has 19 heavy (non-hydrogen) atoms. The molecule has 0 aliphatic heterocycles. The van der Waals surface area contributed by atoms with Gasteiger partial charge >= 0.3 is 0 Å². The van der Waals surface area contributed by atoms with E-state index in [-0.39, 0.29) is 0 Å². The second-order valence-electron chi connectivity index (χ2n) is 4.00. The van der Waals surface area contributed by atoms with Gasteiger partial charge in [-0.2, -0.15) is 0 Å². The van der Waals surface area contributed by atoms with Gasteiger partial charge in [0.05, 0.1) is 19.4 Å². The molecule has 0 radical (unpaired) electrons. The van der Waals surface area contributed by atoms with Crippen LogP contribution in [0.25, 0.3) is 0 Å². The monoisotopic (exact) mass is 261 g/mol. The molecule has 2 rings (SSSR count). The number of anilines is 1. The number of rotatable bonds is 8. The van der Waals surface area contributed by atoms with Crippen molar-refractivity contribution in [1.29, 1.82) is 0 Å². The van der Waals surface area contributed by atoms with E-state index in [1.54, 1.807) is 6.26 Å². The fraction of sp³-hybridized carbons (Fsp3) is 0.333. The normalized spacial score (nSPS) is 10.4. The molecule has 0 bridgehead atoms. The van der Waals surface area contributed by atoms with E-state index in [1.807, 2.05) is 43.3 Å². The molecule has 0 aliphatic carbocycles. The summed E-state index contributed by atoms with van der Waals surface area (Å²) in [4.78, 5) is 0. The Kier molecular flexibility index (Phi) is 5.31. The molecule has 102 valence electrons. The Morgan fingerprint density at radius 3 is 2.63 bits per heavy atom. The molecule has 0 aliphatic rings. The van der Waals surface area contributed by atoms with E-state index in [0.717, 1.165) is 23.8 Å². The highest BCUT2D eigenvalue weighted by Crippen LogP contribution is 2.16. The van der Waals surface area contributed by atoms with Crippen molar-refractivity contribution in [3.05, 3.63) is 48.4 Å². The zero-order valence-electron chi connectivity index (χ0n) is 11.1. The van der Waals surface area contributed by atoms with E-state index >= 15 is 0 Å². The van der Waals surface area contributed by atoms with Crippen LogP contribution in [0.2, 0.25) is 0 Å². The Morgan fingerprint density at radius 2 is 1.95 bits per heavy atom. The summed E-state index contributed by atoms with van der Waals surface area (Å²) < 4.78 is 16.0. The minimum Gasteiger partial charge on any atom is -0.491 e. The summed E-state index contributed by atoms with van der Waals surface area (Å²) in [5, 5.41) is 3.28. The molecule has 0 atom stereocenters. The molecule has 2 aromatic rings. The number of nitrogens with one attached hydrogen (secondary N) is 1. The molecule has 1 N–H and O–H groups in total. The van der Waals surface area contributed by atoms with Crippen LogP contribution in [0.3, 0.4) is 0 Å². The smallest absolute Gasteiger partial charge is 0.122 e. The highest BCUT2D eigenvalue weighted by Gasteiger charge is 1.97. The van der Waals surface area contributed by atoms with Crippen LogP contribution in [0.15, 0.2) is 47.1 Å². The third-order valence-electron chi connectivity index (χ3n) is 2.60. The first-order chi connectivity index (χ1) is 9.38. The Balaban J connectivity index is 1.74. The second-order valence-corrected chi connectivity index (χ2v) is 4.00. The van der Waals surface area contributed by atoms with E-state index in [9.17, 15) is 0 Å². The minimum absolute atomic E-state index is 0.576. The van der Waals surface area contributed by atoms with Gasteiger partial charge < -0.3 is 19.2 Å². The lowest BCUT2D eigenvalue weighted by Gasteiger charge is -2.08. The zero-order chi connectivity index (χ0) is 13.3. The number of ether oxygens (including phenoxy) is 2. The van der Waals surface area contributed by atoms with E-state index < -0.39 is 0 Å². The first kappa shape index (κ1) is 13.5. The van der Waals surface area contributed by atoms with Gasteiger partial charge in [-0.05, 0) is 43.3 Å². The van der Waals surface area contributed by atoms with Crippen LogP contribution in [0.4, 0.5) is 5.69 Å². The molecule has 1 aromatic carbocycles. The SMILES string of the molecule is CCOCCOc1ccc(NCc2ccco2)cc1. The third kappa shape index (κ3) is 4.67. The first-order valence-corrected chi connectivity index (χ1v) is 6.45. The fourth-order valence-electron chi connectivity index (χ4n) is 1.63. The summed E-state index contributed by atoms with van der Waals surface area (Å²) in [7, 11) is 0. The Morgan fingerprint density at radius 1 is 1.11 bits per heavy atom. The molecule has 4 nitrogen and oxygen atoms in total. The molecule has 1 aromatic heterocycles. The molecular formula is C15H19NO3. The standard InChI is InChI=1S/C15H19NO3/c1-2-17-10-11-19-14-7-5-13(6-8-14)16-12-15-4-3-9-18-15/h3-9,16H,2,10-12H2,1H3. The predicted octanol–water partition coefficient (Wildman–Crippen LogP) is 3.31. The Bertz CT molecular complexity index is 451. The van der Waals surface area contributed by atoms with Gasteiger partial charge in [0.15, 0.2) is 0 Å². The van der Waals surface area contributed by atoms with E-state index in [2.05, 4.69) is 5.32 Å². The summed E-state index contributed by atoms with van der Waals surface area (Å²) in [6.45, 7) is 4.57. The van der Waals surface area contributed by atoms with Gasteiger partial charge in [-0.1, -0.05) is 0 Å². The minimum atomic E-state index is 0.576. The van der Waals surface area contributed by atoms with Gasteiger partial charge in [0.25, 0.3) is 0 Å². The maximum Gasteiger partial charge on any atom is 0.122 e. The van der Waals surface area contributed by atoms with E-state index in [1.165, 1.54) is 0 Å². The molecule has 0 spiro atoms. The average Bonchev–Trinajstić information content (AvgIpc) is 2.96. The van der Waals surface area contributed by atoms with Crippen molar-refractivity contribution >= 4 is 5.69 Å². The molecule has 0 fully saturated rings. The average molecular weight is 261 g/mol. The van der Waals surface area contributed by atoms with E-state index in [4.69, 9.17) is 13.9 Å². The van der Waals surface area contributed by atoms with E-state index in [0.29, 0.717) is 19.8 Å². The molecule has 0 unspecified atom stereocenters. The molecular weight excluding hydrogens is 242 g/mol. The number of furan rings is 1. The largest absolute Gasteiger partial charge is 0.491 e. The highest BCUT2D eigenvalue weighted by atomic mass is 16.5. The third-order valence-corrected chi connectivity index (χ3v) is 2.60. The second kappa shape index (κ2) is 7.48. The summed E-state index contributed by atoms with van der Waals surface area (Å²) >= 11 is 0. The van der Waals surface area contributed by atoms with Gasteiger partial charge in [-0.3, -0.25) is 0 Å². The van der Waals surface area contributed by atoms with Crippen molar-refractivity contribution in [2.75, 3.05) is 25.1 Å². The van der Waals surface area contributed by atoms with Crippen molar-refractivity contribution in [1.82, 2.24) is 0 Å². The molecule has 0 saturated carbocycles. The van der Waals surface area contributed by atoms with Gasteiger partial charge in [0, 0.05) is 12.3 Å².